The molecular formula is C10H21B. The second-order valence-corrected chi connectivity index (χ2v) is 3.55. The first-order valence-electron chi connectivity index (χ1n) is 4.83. The molecule has 0 aliphatic carbocycles. The van der Waals surface area contributed by atoms with E-state index in [9.17, 15) is 0 Å². The summed E-state index contributed by atoms with van der Waals surface area (Å²) in [5.41, 5.74) is 0. The average Bonchev–Trinajstić information content (AvgIpc) is 2.00. The second-order valence-electron chi connectivity index (χ2n) is 3.55. The summed E-state index contributed by atoms with van der Waals surface area (Å²) >= 11 is 0. The van der Waals surface area contributed by atoms with Gasteiger partial charge in [-0.3, -0.25) is 0 Å². The van der Waals surface area contributed by atoms with Crippen molar-refractivity contribution in [2.75, 3.05) is 0 Å². The predicted octanol–water partition coefficient (Wildman–Crippen LogP) is 3.00. The van der Waals surface area contributed by atoms with Crippen LogP contribution in [-0.4, -0.2) is 12.9 Å². The Bertz CT molecular complexity index is 107. The van der Waals surface area contributed by atoms with Gasteiger partial charge in [0, 0.05) is 0 Å². The summed E-state index contributed by atoms with van der Waals surface area (Å²) in [7, 11) is 0. The van der Waals surface area contributed by atoms with E-state index in [2.05, 4.69) is 40.5 Å². The molecule has 2 unspecified atom stereocenters. The fourth-order valence-electron chi connectivity index (χ4n) is 1.32. The van der Waals surface area contributed by atoms with E-state index in [0.717, 1.165) is 11.8 Å². The molecule has 0 aliphatic heterocycles. The molecule has 11 heavy (non-hydrogen) atoms. The monoisotopic (exact) mass is 152 g/mol. The maximum atomic E-state index is 2.36. The molecule has 0 heterocycles. The quantitative estimate of drug-likeness (QED) is 0.531. The predicted molar refractivity (Wildman–Crippen MR) is 55.5 cm³/mol. The van der Waals surface area contributed by atoms with Gasteiger partial charge in [0.1, 0.15) is 0 Å². The van der Waals surface area contributed by atoms with Gasteiger partial charge < -0.3 is 0 Å². The molecule has 0 nitrogen and oxygen atoms in total. The van der Waals surface area contributed by atoms with E-state index in [1.807, 2.05) is 0 Å². The molecule has 0 aromatic carbocycles. The van der Waals surface area contributed by atoms with Crippen molar-refractivity contribution < 1.29 is 0 Å². The standard InChI is InChI=1S/C10H21B/c1-5-6-9(2)10(3)7-8-11-4/h8-10H,5-7H2,1-4H3. The van der Waals surface area contributed by atoms with Gasteiger partial charge in [0.05, 0.1) is 0 Å². The molecule has 0 amide bonds. The summed E-state index contributed by atoms with van der Waals surface area (Å²) in [6.07, 6.45) is 3.94. The summed E-state index contributed by atoms with van der Waals surface area (Å²) in [6, 6.07) is 0. The van der Waals surface area contributed by atoms with Crippen molar-refractivity contribution >= 4 is 12.9 Å². The summed E-state index contributed by atoms with van der Waals surface area (Å²) in [5, 5.41) is 0. The van der Waals surface area contributed by atoms with Crippen LogP contribution < -0.4 is 0 Å². The van der Waals surface area contributed by atoms with Crippen molar-refractivity contribution in [2.24, 2.45) is 11.8 Å². The van der Waals surface area contributed by atoms with E-state index in [1.54, 1.807) is 0 Å². The van der Waals surface area contributed by atoms with Gasteiger partial charge in [0.15, 0.2) is 0 Å². The van der Waals surface area contributed by atoms with Crippen LogP contribution in [0.5, 0.6) is 0 Å². The van der Waals surface area contributed by atoms with Crippen molar-refractivity contribution in [3.63, 3.8) is 0 Å². The molecule has 0 N–H and O–H groups in total. The van der Waals surface area contributed by atoms with Crippen molar-refractivity contribution in [3.8, 4) is 0 Å². The zero-order chi connectivity index (χ0) is 8.69. The molecule has 2 atom stereocenters. The first kappa shape index (κ1) is 10.9. The van der Waals surface area contributed by atoms with Gasteiger partial charge >= 0.3 is 71.6 Å². The SMILES string of the molecule is CB=CCC(C)C(C)CCC. The van der Waals surface area contributed by atoms with Crippen LogP contribution in [0.4, 0.5) is 0 Å². The fourth-order valence-corrected chi connectivity index (χ4v) is 1.32. The first-order chi connectivity index (χ1) is 5.22. The van der Waals surface area contributed by atoms with Crippen LogP contribution in [0.25, 0.3) is 0 Å². The van der Waals surface area contributed by atoms with Crippen LogP contribution >= 0.6 is 0 Å². The third-order valence-corrected chi connectivity index (χ3v) is 2.46. The molecule has 0 aromatic rings. The van der Waals surface area contributed by atoms with E-state index in [1.165, 1.54) is 19.3 Å². The molecule has 0 spiro atoms. The molecule has 0 saturated heterocycles. The van der Waals surface area contributed by atoms with Crippen molar-refractivity contribution in [1.29, 1.82) is 0 Å². The van der Waals surface area contributed by atoms with Crippen molar-refractivity contribution in [3.05, 3.63) is 0 Å². The van der Waals surface area contributed by atoms with Crippen molar-refractivity contribution in [2.45, 2.75) is 46.9 Å². The van der Waals surface area contributed by atoms with Gasteiger partial charge in [-0.1, -0.05) is 0 Å². The molecule has 0 saturated carbocycles. The zero-order valence-electron chi connectivity index (χ0n) is 8.43. The van der Waals surface area contributed by atoms with Crippen LogP contribution in [0.15, 0.2) is 0 Å². The summed E-state index contributed by atoms with van der Waals surface area (Å²) in [6.45, 7) is 11.2. The van der Waals surface area contributed by atoms with Gasteiger partial charge in [-0.2, -0.15) is 0 Å². The van der Waals surface area contributed by atoms with E-state index in [4.69, 9.17) is 0 Å². The molecule has 0 fully saturated rings. The average molecular weight is 152 g/mol. The van der Waals surface area contributed by atoms with E-state index in [-0.39, 0.29) is 0 Å². The second kappa shape index (κ2) is 6.63. The van der Waals surface area contributed by atoms with Gasteiger partial charge in [-0.25, -0.2) is 0 Å². The Labute approximate surface area is 72.3 Å². The molecule has 0 radical (unpaired) electrons. The molecule has 0 bridgehead atoms. The van der Waals surface area contributed by atoms with Crippen LogP contribution in [-0.2, 0) is 0 Å². The van der Waals surface area contributed by atoms with Crippen LogP contribution in [0.1, 0.15) is 40.0 Å². The minimum absolute atomic E-state index is 0.853. The third-order valence-electron chi connectivity index (χ3n) is 2.46. The van der Waals surface area contributed by atoms with Gasteiger partial charge in [-0.05, 0) is 0 Å². The van der Waals surface area contributed by atoms with Gasteiger partial charge in [-0.15, -0.1) is 0 Å². The fraction of sp³-hybridized carbons (Fsp3) is 0.900. The maximum absolute atomic E-state index is 2.36. The number of hydrogen-bond acceptors (Lipinski definition) is 0. The normalized spacial score (nSPS) is 16.4. The van der Waals surface area contributed by atoms with Gasteiger partial charge in [0.2, 0.25) is 0 Å². The number of rotatable bonds is 5. The van der Waals surface area contributed by atoms with Crippen LogP contribution in [0, 0.1) is 11.8 Å². The molecule has 0 rings (SSSR count). The molecule has 0 aromatic heterocycles. The summed E-state index contributed by atoms with van der Waals surface area (Å²) in [5.74, 6) is 4.01. The van der Waals surface area contributed by atoms with Crippen LogP contribution in [0.3, 0.4) is 0 Å². The Morgan fingerprint density at radius 1 is 1.27 bits per heavy atom. The Morgan fingerprint density at radius 2 is 1.91 bits per heavy atom. The van der Waals surface area contributed by atoms with Crippen LogP contribution in [0.2, 0.25) is 6.82 Å². The molecule has 1 heteroatoms. The molecular weight excluding hydrogens is 131 g/mol. The minimum atomic E-state index is 0.853. The van der Waals surface area contributed by atoms with Crippen molar-refractivity contribution in [1.82, 2.24) is 0 Å². The zero-order valence-corrected chi connectivity index (χ0v) is 8.43. The topological polar surface area (TPSA) is 0 Å². The Balaban J connectivity index is 3.54. The van der Waals surface area contributed by atoms with Gasteiger partial charge in [0.25, 0.3) is 0 Å². The third kappa shape index (κ3) is 5.23. The summed E-state index contributed by atoms with van der Waals surface area (Å²) < 4.78 is 0. The molecule has 0 aliphatic rings. The van der Waals surface area contributed by atoms with E-state index < -0.39 is 0 Å². The first-order valence-corrected chi connectivity index (χ1v) is 4.83. The Kier molecular flexibility index (Phi) is 6.59. The Hall–Kier alpha value is -0.0651. The van der Waals surface area contributed by atoms with E-state index >= 15 is 0 Å². The van der Waals surface area contributed by atoms with E-state index in [0.29, 0.717) is 0 Å². The number of hydrogen-bond donors (Lipinski definition) is 0. The molecule has 64 valence electrons. The Morgan fingerprint density at radius 3 is 2.36 bits per heavy atom. The summed E-state index contributed by atoms with van der Waals surface area (Å²) in [4.78, 5) is 0.